The first-order chi connectivity index (χ1) is 28.9. The molecule has 21 radical (unpaired) electrons. The highest BCUT2D eigenvalue weighted by molar-refractivity contribution is 6.74. The molecule has 1 aliphatic heterocycles. The normalized spacial score (nSPS) is 11.8. The van der Waals surface area contributed by atoms with Crippen LogP contribution in [0.25, 0.3) is 83.9 Å². The predicted molar refractivity (Wildman–Crippen MR) is 260 cm³/mol. The van der Waals surface area contributed by atoms with Crippen LogP contribution < -0.4 is 65.6 Å². The Morgan fingerprint density at radius 2 is 0.950 bits per heavy atom. The molecule has 9 aromatic rings. The maximum absolute atomic E-state index is 6.64. The van der Waals surface area contributed by atoms with Crippen LogP contribution in [0.2, 0.25) is 0 Å². The fraction of sp³-hybridized carbons (Fsp3) is 0. The minimum absolute atomic E-state index is 0.0807. The van der Waals surface area contributed by atoms with Gasteiger partial charge in [0.1, 0.15) is 78.5 Å². The Kier molecular flexibility index (Phi) is 9.16. The van der Waals surface area contributed by atoms with Crippen LogP contribution in [-0.4, -0.2) is 105 Å². The zero-order valence-electron chi connectivity index (χ0n) is 32.0. The molecule has 0 atom stereocenters. The summed E-state index contributed by atoms with van der Waals surface area (Å²) in [5.74, 6) is 0.824. The monoisotopic (exact) mass is 735 g/mol. The van der Waals surface area contributed by atoms with E-state index in [0.29, 0.717) is 22.9 Å². The summed E-state index contributed by atoms with van der Waals surface area (Å²) in [7, 11) is 66.2. The van der Waals surface area contributed by atoms with Gasteiger partial charge in [-0.05, 0) is 51.6 Å². The summed E-state index contributed by atoms with van der Waals surface area (Å²) in [5.41, 5.74) is 11.3. The molecule has 4 nitrogen and oxygen atoms in total. The Morgan fingerprint density at radius 1 is 0.367 bits per heavy atom. The molecule has 0 bridgehead atoms. The average molecular weight is 734 g/mol. The standard InChI is InChI=1S/C45H18B11N4/c46-33-31(34(47)38(51)41(54)37(33)50)24-10-6-11-26-30(24)23-15-13-21(18-27(23)56-26)43-57-44(32-35(48)39(52)42(55)40(53)36(32)49)59-45(58-43)60-28-12-5-4-9-22(28)25-17-20(14-16-29(25)60)19-7-2-1-3-8-19/h1-18H. The SMILES string of the molecule is [B]c1c([B])c([B])c(-c2nc(-c3ccc4c(c3)[B]c3cccc(-c5c([B])c([B])c([B])c([B])c5[B])c3-4)nc(-n3c4ccccc4c4cc(-c5ccccc5)ccc43)n2)c([B])c1[B]. The number of aromatic nitrogens is 4. The molecule has 0 unspecified atom stereocenters. The second kappa shape index (κ2) is 14.4. The molecule has 10 rings (SSSR count). The zero-order chi connectivity index (χ0) is 41.7. The van der Waals surface area contributed by atoms with E-state index >= 15 is 0 Å². The van der Waals surface area contributed by atoms with Crippen molar-refractivity contribution in [2.75, 3.05) is 0 Å². The van der Waals surface area contributed by atoms with E-state index < -0.39 is 0 Å². The van der Waals surface area contributed by atoms with Gasteiger partial charge < -0.3 is 0 Å². The number of fused-ring (bicyclic) bond motifs is 6. The second-order valence-electron chi connectivity index (χ2n) is 14.8. The van der Waals surface area contributed by atoms with Gasteiger partial charge in [-0.15, -0.1) is 32.8 Å². The van der Waals surface area contributed by atoms with Crippen LogP contribution >= 0.6 is 0 Å². The zero-order valence-corrected chi connectivity index (χ0v) is 32.0. The first-order valence-electron chi connectivity index (χ1n) is 18.9. The van der Waals surface area contributed by atoms with Crippen molar-refractivity contribution in [3.63, 3.8) is 0 Å². The van der Waals surface area contributed by atoms with Crippen molar-refractivity contribution in [2.45, 2.75) is 0 Å². The lowest BCUT2D eigenvalue weighted by molar-refractivity contribution is 0.955. The van der Waals surface area contributed by atoms with Crippen molar-refractivity contribution >= 4 is 173 Å². The number of benzene rings is 7. The van der Waals surface area contributed by atoms with Gasteiger partial charge in [-0.25, -0.2) is 4.98 Å². The van der Waals surface area contributed by atoms with Crippen LogP contribution in [0.15, 0.2) is 109 Å². The lowest BCUT2D eigenvalue weighted by Gasteiger charge is -2.23. The predicted octanol–water partition coefficient (Wildman–Crippen LogP) is -2.79. The summed E-state index contributed by atoms with van der Waals surface area (Å²) in [6.07, 6.45) is 0. The third kappa shape index (κ3) is 5.79. The summed E-state index contributed by atoms with van der Waals surface area (Å²) in [4.78, 5) is 15.2. The third-order valence-electron chi connectivity index (χ3n) is 11.5. The number of para-hydroxylation sites is 1. The van der Waals surface area contributed by atoms with E-state index in [1.165, 1.54) is 0 Å². The molecule has 15 heteroatoms. The van der Waals surface area contributed by atoms with Gasteiger partial charge in [0.05, 0.1) is 11.0 Å². The van der Waals surface area contributed by atoms with Gasteiger partial charge in [-0.2, -0.15) is 9.97 Å². The molecule has 7 aromatic carbocycles. The minimum atomic E-state index is 0.0807. The number of hydrogen-bond acceptors (Lipinski definition) is 3. The summed E-state index contributed by atoms with van der Waals surface area (Å²) >= 11 is 0. The summed E-state index contributed by atoms with van der Waals surface area (Å²) in [6.45, 7) is 0. The third-order valence-corrected chi connectivity index (χ3v) is 11.5. The first kappa shape index (κ1) is 38.3. The van der Waals surface area contributed by atoms with Crippen LogP contribution in [0, 0.1) is 0 Å². The van der Waals surface area contributed by atoms with E-state index in [0.717, 1.165) is 60.5 Å². The van der Waals surface area contributed by atoms with Gasteiger partial charge in [0.15, 0.2) is 18.9 Å². The number of rotatable bonds is 5. The molecule has 0 fully saturated rings. The van der Waals surface area contributed by atoms with Gasteiger partial charge in [0.25, 0.3) is 0 Å². The van der Waals surface area contributed by atoms with Crippen molar-refractivity contribution in [3.8, 4) is 62.1 Å². The molecule has 0 amide bonds. The van der Waals surface area contributed by atoms with Crippen LogP contribution in [0.5, 0.6) is 0 Å². The maximum Gasteiger partial charge on any atom is 0.238 e. The van der Waals surface area contributed by atoms with Gasteiger partial charge in [-0.3, -0.25) is 4.57 Å². The fourth-order valence-corrected chi connectivity index (χ4v) is 8.35. The smallest absolute Gasteiger partial charge is 0.238 e. The maximum atomic E-state index is 6.64. The Hall–Kier alpha value is -5.94. The summed E-state index contributed by atoms with van der Waals surface area (Å²) in [5, 5.41) is 2.03. The lowest BCUT2D eigenvalue weighted by atomic mass is 9.59. The molecule has 60 heavy (non-hydrogen) atoms. The molecule has 251 valence electrons. The van der Waals surface area contributed by atoms with Crippen LogP contribution in [0.1, 0.15) is 0 Å². The Morgan fingerprint density at radius 3 is 1.65 bits per heavy atom. The number of nitrogens with zero attached hydrogens (tertiary/aromatic N) is 4. The van der Waals surface area contributed by atoms with Crippen LogP contribution in [0.4, 0.5) is 0 Å². The van der Waals surface area contributed by atoms with E-state index in [4.69, 9.17) is 93.4 Å². The second-order valence-corrected chi connectivity index (χ2v) is 14.8. The van der Waals surface area contributed by atoms with E-state index in [-0.39, 0.29) is 66.0 Å². The van der Waals surface area contributed by atoms with Crippen LogP contribution in [0.3, 0.4) is 0 Å². The molecule has 0 spiro atoms. The molecular formula is C45H18B11N4. The number of hydrogen-bond donors (Lipinski definition) is 0. The van der Waals surface area contributed by atoms with Crippen molar-refractivity contribution in [1.29, 1.82) is 0 Å². The van der Waals surface area contributed by atoms with Crippen LogP contribution in [-0.2, 0) is 0 Å². The van der Waals surface area contributed by atoms with Gasteiger partial charge in [0, 0.05) is 21.9 Å². The van der Waals surface area contributed by atoms with E-state index in [2.05, 4.69) is 43.7 Å². The van der Waals surface area contributed by atoms with E-state index in [1.807, 2.05) is 77.4 Å². The molecule has 3 heterocycles. The highest BCUT2D eigenvalue weighted by Crippen LogP contribution is 2.36. The quantitative estimate of drug-likeness (QED) is 0.180. The van der Waals surface area contributed by atoms with E-state index in [1.54, 1.807) is 0 Å². The summed E-state index contributed by atoms with van der Waals surface area (Å²) in [6, 6.07) is 36.5. The van der Waals surface area contributed by atoms with Crippen molar-refractivity contribution in [3.05, 3.63) is 109 Å². The first-order valence-corrected chi connectivity index (χ1v) is 18.9. The van der Waals surface area contributed by atoms with Crippen molar-refractivity contribution in [1.82, 2.24) is 19.5 Å². The highest BCUT2D eigenvalue weighted by atomic mass is 15.2. The Balaban J connectivity index is 1.19. The topological polar surface area (TPSA) is 43.6 Å². The fourth-order valence-electron chi connectivity index (χ4n) is 8.35. The lowest BCUT2D eigenvalue weighted by Crippen LogP contribution is -2.55. The van der Waals surface area contributed by atoms with Crippen molar-refractivity contribution in [2.24, 2.45) is 0 Å². The van der Waals surface area contributed by atoms with Gasteiger partial charge in [0.2, 0.25) is 5.95 Å². The highest BCUT2D eigenvalue weighted by Gasteiger charge is 2.27. The Labute approximate surface area is 362 Å². The molecule has 0 N–H and O–H groups in total. The summed E-state index contributed by atoms with van der Waals surface area (Å²) < 4.78 is 2.00. The molecule has 1 aliphatic rings. The molecule has 0 aliphatic carbocycles. The minimum Gasteiger partial charge on any atom is -0.278 e. The molecule has 2 aromatic heterocycles. The Bertz CT molecular complexity index is 3250. The van der Waals surface area contributed by atoms with Gasteiger partial charge in [-0.1, -0.05) is 124 Å². The average Bonchev–Trinajstić information content (AvgIpc) is 3.82. The van der Waals surface area contributed by atoms with Crippen molar-refractivity contribution < 1.29 is 0 Å². The molecular weight excluding hydrogens is 715 g/mol. The molecule has 0 saturated carbocycles. The molecule has 0 saturated heterocycles. The van der Waals surface area contributed by atoms with E-state index in [9.17, 15) is 0 Å². The largest absolute Gasteiger partial charge is 0.278 e. The van der Waals surface area contributed by atoms with Gasteiger partial charge >= 0.3 is 0 Å².